The van der Waals surface area contributed by atoms with Gasteiger partial charge in [0.2, 0.25) is 5.89 Å². The Morgan fingerprint density at radius 1 is 1.40 bits per heavy atom. The maximum absolute atomic E-state index is 10.8. The molecule has 0 amide bonds. The van der Waals surface area contributed by atoms with Gasteiger partial charge in [0, 0.05) is 12.1 Å². The summed E-state index contributed by atoms with van der Waals surface area (Å²) in [6.07, 6.45) is 1.69. The van der Waals surface area contributed by atoms with Crippen molar-refractivity contribution in [3.63, 3.8) is 0 Å². The van der Waals surface area contributed by atoms with Crippen molar-refractivity contribution in [1.29, 1.82) is 0 Å². The van der Waals surface area contributed by atoms with E-state index in [9.17, 15) is 4.79 Å². The minimum Gasteiger partial charge on any atom is -0.481 e. The largest absolute Gasteiger partial charge is 0.481 e. The zero-order chi connectivity index (χ0) is 14.5. The van der Waals surface area contributed by atoms with Gasteiger partial charge in [-0.05, 0) is 7.05 Å². The third-order valence-electron chi connectivity index (χ3n) is 3.02. The topological polar surface area (TPSA) is 66.6 Å². The van der Waals surface area contributed by atoms with E-state index in [1.807, 2.05) is 42.3 Å². The lowest BCUT2D eigenvalue weighted by Crippen LogP contribution is -2.28. The molecule has 0 fully saturated rings. The van der Waals surface area contributed by atoms with Crippen molar-refractivity contribution in [2.24, 2.45) is 5.92 Å². The van der Waals surface area contributed by atoms with Gasteiger partial charge < -0.3 is 9.52 Å². The molecule has 0 spiro atoms. The minimum atomic E-state index is -0.797. The third kappa shape index (κ3) is 3.68. The minimum absolute atomic E-state index is 0.413. The summed E-state index contributed by atoms with van der Waals surface area (Å²) in [5.41, 5.74) is 0.979. The fourth-order valence-corrected chi connectivity index (χ4v) is 1.96. The monoisotopic (exact) mass is 274 g/mol. The number of aliphatic carboxylic acids is 1. The summed E-state index contributed by atoms with van der Waals surface area (Å²) in [4.78, 5) is 16.9. The van der Waals surface area contributed by atoms with Gasteiger partial charge in [-0.25, -0.2) is 4.98 Å². The van der Waals surface area contributed by atoms with Crippen LogP contribution in [0.2, 0.25) is 0 Å². The first-order valence-electron chi connectivity index (χ1n) is 6.47. The molecule has 0 aliphatic carbocycles. The highest BCUT2D eigenvalue weighted by Crippen LogP contribution is 2.20. The van der Waals surface area contributed by atoms with Gasteiger partial charge in [0.05, 0.1) is 18.7 Å². The molecule has 2 rings (SSSR count). The number of carbonyl (C=O) groups is 1. The van der Waals surface area contributed by atoms with Crippen LogP contribution in [-0.2, 0) is 11.3 Å². The highest BCUT2D eigenvalue weighted by atomic mass is 16.4. The molecule has 0 saturated carbocycles. The number of oxazole rings is 1. The average Bonchev–Trinajstić information content (AvgIpc) is 2.88. The van der Waals surface area contributed by atoms with Gasteiger partial charge in [-0.3, -0.25) is 9.69 Å². The van der Waals surface area contributed by atoms with Crippen LogP contribution in [0.1, 0.15) is 12.8 Å². The van der Waals surface area contributed by atoms with Gasteiger partial charge in [-0.15, -0.1) is 0 Å². The average molecular weight is 274 g/mol. The number of benzene rings is 1. The zero-order valence-electron chi connectivity index (χ0n) is 11.6. The van der Waals surface area contributed by atoms with E-state index in [4.69, 9.17) is 9.52 Å². The Morgan fingerprint density at radius 3 is 2.75 bits per heavy atom. The van der Waals surface area contributed by atoms with Gasteiger partial charge in [-0.1, -0.05) is 37.3 Å². The lowest BCUT2D eigenvalue weighted by atomic mass is 10.2. The van der Waals surface area contributed by atoms with Crippen molar-refractivity contribution in [2.45, 2.75) is 13.5 Å². The van der Waals surface area contributed by atoms with E-state index in [0.29, 0.717) is 19.0 Å². The molecule has 1 aromatic heterocycles. The Balaban J connectivity index is 1.98. The fraction of sp³-hybridized carbons (Fsp3) is 0.333. The number of aromatic nitrogens is 1. The van der Waals surface area contributed by atoms with Crippen molar-refractivity contribution in [3.8, 4) is 11.3 Å². The molecule has 106 valence electrons. The summed E-state index contributed by atoms with van der Waals surface area (Å²) in [5, 5.41) is 8.88. The van der Waals surface area contributed by atoms with Crippen LogP contribution in [-0.4, -0.2) is 34.6 Å². The van der Waals surface area contributed by atoms with Crippen molar-refractivity contribution < 1.29 is 14.3 Å². The maximum Gasteiger partial charge on any atom is 0.307 e. The number of carboxylic acids is 1. The summed E-state index contributed by atoms with van der Waals surface area (Å²) in [6, 6.07) is 9.75. The molecule has 1 atom stereocenters. The van der Waals surface area contributed by atoms with Crippen LogP contribution in [0, 0.1) is 5.92 Å². The van der Waals surface area contributed by atoms with Crippen LogP contribution >= 0.6 is 0 Å². The summed E-state index contributed by atoms with van der Waals surface area (Å²) < 4.78 is 5.68. The Bertz CT molecular complexity index is 566. The van der Waals surface area contributed by atoms with Crippen LogP contribution in [0.15, 0.2) is 40.9 Å². The van der Waals surface area contributed by atoms with Crippen LogP contribution in [0.4, 0.5) is 0 Å². The Kier molecular flexibility index (Phi) is 4.53. The molecular formula is C15H18N2O3. The molecule has 0 radical (unpaired) electrons. The molecule has 0 aliphatic rings. The lowest BCUT2D eigenvalue weighted by Gasteiger charge is -2.16. The molecular weight excluding hydrogens is 256 g/mol. The normalized spacial score (nSPS) is 12.6. The standard InChI is InChI=1S/C15H18N2O3/c1-11(15(18)19)9-17(2)10-14-16-8-13(20-14)12-6-4-3-5-7-12/h3-8,11H,9-10H2,1-2H3,(H,18,19). The zero-order valence-corrected chi connectivity index (χ0v) is 11.6. The van der Waals surface area contributed by atoms with E-state index in [2.05, 4.69) is 4.98 Å². The predicted octanol–water partition coefficient (Wildman–Crippen LogP) is 2.49. The van der Waals surface area contributed by atoms with Gasteiger partial charge >= 0.3 is 5.97 Å². The molecule has 1 unspecified atom stereocenters. The summed E-state index contributed by atoms with van der Waals surface area (Å²) >= 11 is 0. The second-order valence-corrected chi connectivity index (χ2v) is 4.92. The highest BCUT2D eigenvalue weighted by Gasteiger charge is 2.15. The Labute approximate surface area is 117 Å². The predicted molar refractivity (Wildman–Crippen MR) is 75.1 cm³/mol. The van der Waals surface area contributed by atoms with Crippen LogP contribution < -0.4 is 0 Å². The molecule has 0 aliphatic heterocycles. The maximum atomic E-state index is 10.8. The van der Waals surface area contributed by atoms with E-state index < -0.39 is 11.9 Å². The number of nitrogens with zero attached hydrogens (tertiary/aromatic N) is 2. The van der Waals surface area contributed by atoms with Gasteiger partial charge in [0.15, 0.2) is 5.76 Å². The third-order valence-corrected chi connectivity index (χ3v) is 3.02. The Hall–Kier alpha value is -2.14. The van der Waals surface area contributed by atoms with Gasteiger partial charge in [-0.2, -0.15) is 0 Å². The summed E-state index contributed by atoms with van der Waals surface area (Å²) in [5.74, 6) is 0.0991. The molecule has 20 heavy (non-hydrogen) atoms. The molecule has 1 N–H and O–H groups in total. The van der Waals surface area contributed by atoms with Gasteiger partial charge in [0.1, 0.15) is 0 Å². The van der Waals surface area contributed by atoms with Crippen LogP contribution in [0.5, 0.6) is 0 Å². The lowest BCUT2D eigenvalue weighted by molar-refractivity contribution is -0.141. The van der Waals surface area contributed by atoms with E-state index in [0.717, 1.165) is 11.3 Å². The fourth-order valence-electron chi connectivity index (χ4n) is 1.96. The first-order chi connectivity index (χ1) is 9.56. The number of hydrogen-bond donors (Lipinski definition) is 1. The molecule has 1 heterocycles. The first kappa shape index (κ1) is 14.3. The van der Waals surface area contributed by atoms with Gasteiger partial charge in [0.25, 0.3) is 0 Å². The quantitative estimate of drug-likeness (QED) is 0.876. The van der Waals surface area contributed by atoms with Crippen molar-refractivity contribution in [1.82, 2.24) is 9.88 Å². The molecule has 5 heteroatoms. The van der Waals surface area contributed by atoms with Crippen LogP contribution in [0.25, 0.3) is 11.3 Å². The number of carboxylic acid groups (broad SMARTS) is 1. The summed E-state index contributed by atoms with van der Waals surface area (Å²) in [7, 11) is 1.85. The second kappa shape index (κ2) is 6.34. The molecule has 1 aromatic carbocycles. The molecule has 0 bridgehead atoms. The number of hydrogen-bond acceptors (Lipinski definition) is 4. The molecule has 0 saturated heterocycles. The van der Waals surface area contributed by atoms with E-state index >= 15 is 0 Å². The van der Waals surface area contributed by atoms with Crippen molar-refractivity contribution in [3.05, 3.63) is 42.4 Å². The molecule has 5 nitrogen and oxygen atoms in total. The molecule has 2 aromatic rings. The number of rotatable bonds is 6. The van der Waals surface area contributed by atoms with Crippen LogP contribution in [0.3, 0.4) is 0 Å². The van der Waals surface area contributed by atoms with Crippen molar-refractivity contribution in [2.75, 3.05) is 13.6 Å². The van der Waals surface area contributed by atoms with E-state index in [-0.39, 0.29) is 0 Å². The summed E-state index contributed by atoms with van der Waals surface area (Å²) in [6.45, 7) is 2.63. The first-order valence-corrected chi connectivity index (χ1v) is 6.47. The van der Waals surface area contributed by atoms with Crippen molar-refractivity contribution >= 4 is 5.97 Å². The second-order valence-electron chi connectivity index (χ2n) is 4.92. The Morgan fingerprint density at radius 2 is 2.10 bits per heavy atom. The van der Waals surface area contributed by atoms with E-state index in [1.54, 1.807) is 13.1 Å². The highest BCUT2D eigenvalue weighted by molar-refractivity contribution is 5.69. The van der Waals surface area contributed by atoms with E-state index in [1.165, 1.54) is 0 Å². The SMILES string of the molecule is CC(CN(C)Cc1ncc(-c2ccccc2)o1)C(=O)O. The smallest absolute Gasteiger partial charge is 0.307 e.